The molecule has 184 valence electrons. The fourth-order valence-electron chi connectivity index (χ4n) is 4.25. The number of fused-ring (bicyclic) bond motifs is 1. The second-order valence-corrected chi connectivity index (χ2v) is 8.66. The minimum Gasteiger partial charge on any atom is -0.506 e. The van der Waals surface area contributed by atoms with Crippen LogP contribution >= 0.6 is 0 Å². The highest BCUT2D eigenvalue weighted by molar-refractivity contribution is 6.03. The van der Waals surface area contributed by atoms with Crippen LogP contribution in [0.1, 0.15) is 25.0 Å². The number of alkyl halides is 3. The standard InChI is InChI=1S/C24H19F6N3O2/c1-23(2)11-33(21-18(34)9-7-13(19(21)23)24(28,29)30)17-5-3-4-14(26)20(17)32-22(35)31-16-8-6-12(25)10-15(16)27/h3-10,34H,11H2,1-2H3,(H2,31,32,35). The minimum atomic E-state index is -4.70. The molecular weight excluding hydrogens is 476 g/mol. The molecule has 0 unspecified atom stereocenters. The summed E-state index contributed by atoms with van der Waals surface area (Å²) in [4.78, 5) is 13.8. The predicted molar refractivity (Wildman–Crippen MR) is 119 cm³/mol. The summed E-state index contributed by atoms with van der Waals surface area (Å²) in [5, 5.41) is 14.9. The Morgan fingerprint density at radius 1 is 1.00 bits per heavy atom. The first-order valence-corrected chi connectivity index (χ1v) is 10.3. The predicted octanol–water partition coefficient (Wildman–Crippen LogP) is 6.90. The fourth-order valence-corrected chi connectivity index (χ4v) is 4.25. The first-order valence-electron chi connectivity index (χ1n) is 10.3. The fraction of sp³-hybridized carbons (Fsp3) is 0.208. The average molecular weight is 495 g/mol. The molecule has 0 radical (unpaired) electrons. The molecule has 0 atom stereocenters. The van der Waals surface area contributed by atoms with Crippen LogP contribution in [0.2, 0.25) is 0 Å². The number of para-hydroxylation sites is 1. The van der Waals surface area contributed by atoms with Crippen molar-refractivity contribution in [3.05, 3.63) is 77.1 Å². The third kappa shape index (κ3) is 4.45. The quantitative estimate of drug-likeness (QED) is 0.346. The van der Waals surface area contributed by atoms with Crippen LogP contribution in [0.4, 0.5) is 53.9 Å². The molecule has 3 N–H and O–H groups in total. The maximum absolute atomic E-state index is 14.8. The Hall–Kier alpha value is -3.89. The third-order valence-electron chi connectivity index (χ3n) is 5.66. The highest BCUT2D eigenvalue weighted by Crippen LogP contribution is 2.54. The van der Waals surface area contributed by atoms with Crippen LogP contribution in [0.15, 0.2) is 48.5 Å². The lowest BCUT2D eigenvalue weighted by Gasteiger charge is -2.25. The van der Waals surface area contributed by atoms with Crippen molar-refractivity contribution in [2.75, 3.05) is 22.1 Å². The number of anilines is 4. The number of benzene rings is 3. The number of carbonyl (C=O) groups excluding carboxylic acids is 1. The SMILES string of the molecule is CC1(C)CN(c2cccc(F)c2NC(=O)Nc2ccc(F)cc2F)c2c(O)ccc(C(F)(F)F)c21. The lowest BCUT2D eigenvalue weighted by atomic mass is 9.83. The van der Waals surface area contributed by atoms with Gasteiger partial charge in [-0.3, -0.25) is 0 Å². The van der Waals surface area contributed by atoms with Crippen LogP contribution in [-0.4, -0.2) is 17.7 Å². The summed E-state index contributed by atoms with van der Waals surface area (Å²) in [5.74, 6) is -3.30. The molecule has 0 saturated carbocycles. The van der Waals surface area contributed by atoms with E-state index in [9.17, 15) is 36.2 Å². The molecule has 35 heavy (non-hydrogen) atoms. The summed E-state index contributed by atoms with van der Waals surface area (Å²) in [5.41, 5.74) is -3.19. The highest BCUT2D eigenvalue weighted by Gasteiger charge is 2.46. The van der Waals surface area contributed by atoms with Crippen LogP contribution in [0.25, 0.3) is 0 Å². The van der Waals surface area contributed by atoms with Gasteiger partial charge in [0, 0.05) is 18.0 Å². The van der Waals surface area contributed by atoms with Gasteiger partial charge in [0.15, 0.2) is 0 Å². The molecule has 0 saturated heterocycles. The molecule has 0 bridgehead atoms. The molecule has 3 aromatic rings. The van der Waals surface area contributed by atoms with E-state index in [1.54, 1.807) is 13.8 Å². The molecule has 0 fully saturated rings. The van der Waals surface area contributed by atoms with Gasteiger partial charge < -0.3 is 20.6 Å². The van der Waals surface area contributed by atoms with Gasteiger partial charge in [-0.2, -0.15) is 13.2 Å². The maximum Gasteiger partial charge on any atom is 0.416 e. The number of phenolic OH excluding ortho intramolecular Hbond substituents is 1. The van der Waals surface area contributed by atoms with Crippen molar-refractivity contribution < 1.29 is 36.2 Å². The molecule has 2 amide bonds. The number of amides is 2. The molecule has 0 aliphatic carbocycles. The number of nitrogens with one attached hydrogen (secondary N) is 2. The Labute approximate surface area is 196 Å². The van der Waals surface area contributed by atoms with Crippen LogP contribution in [0.5, 0.6) is 5.75 Å². The summed E-state index contributed by atoms with van der Waals surface area (Å²) in [6, 6.07) is 6.74. The number of urea groups is 1. The Morgan fingerprint density at radius 2 is 1.71 bits per heavy atom. The smallest absolute Gasteiger partial charge is 0.416 e. The molecule has 3 aromatic carbocycles. The van der Waals surface area contributed by atoms with E-state index in [1.165, 1.54) is 17.0 Å². The number of hydrogen-bond acceptors (Lipinski definition) is 3. The number of carbonyl (C=O) groups is 1. The molecular formula is C24H19F6N3O2. The van der Waals surface area contributed by atoms with Gasteiger partial charge in [-0.1, -0.05) is 19.9 Å². The van der Waals surface area contributed by atoms with E-state index < -0.39 is 52.1 Å². The Balaban J connectivity index is 1.76. The van der Waals surface area contributed by atoms with Crippen molar-refractivity contribution in [1.82, 2.24) is 0 Å². The molecule has 1 heterocycles. The third-order valence-corrected chi connectivity index (χ3v) is 5.66. The lowest BCUT2D eigenvalue weighted by Crippen LogP contribution is -2.28. The second kappa shape index (κ2) is 8.40. The van der Waals surface area contributed by atoms with Crippen molar-refractivity contribution in [2.45, 2.75) is 25.4 Å². The molecule has 1 aliphatic rings. The second-order valence-electron chi connectivity index (χ2n) is 8.66. The number of phenols is 1. The first-order chi connectivity index (χ1) is 16.3. The Morgan fingerprint density at radius 3 is 2.37 bits per heavy atom. The largest absolute Gasteiger partial charge is 0.506 e. The summed E-state index contributed by atoms with van der Waals surface area (Å²) in [6.07, 6.45) is -4.70. The van der Waals surface area contributed by atoms with Crippen LogP contribution in [0.3, 0.4) is 0 Å². The zero-order valence-corrected chi connectivity index (χ0v) is 18.4. The summed E-state index contributed by atoms with van der Waals surface area (Å²) in [7, 11) is 0. The van der Waals surface area contributed by atoms with Crippen molar-refractivity contribution in [3.63, 3.8) is 0 Å². The van der Waals surface area contributed by atoms with Crippen molar-refractivity contribution in [1.29, 1.82) is 0 Å². The topological polar surface area (TPSA) is 64.6 Å². The molecule has 0 aromatic heterocycles. The summed E-state index contributed by atoms with van der Waals surface area (Å²) >= 11 is 0. The van der Waals surface area contributed by atoms with Gasteiger partial charge in [-0.25, -0.2) is 18.0 Å². The van der Waals surface area contributed by atoms with Crippen molar-refractivity contribution in [3.8, 4) is 5.75 Å². The molecule has 11 heteroatoms. The molecule has 4 rings (SSSR count). The van der Waals surface area contributed by atoms with E-state index in [0.717, 1.165) is 30.3 Å². The summed E-state index contributed by atoms with van der Waals surface area (Å²) in [6.45, 7) is 3.03. The molecule has 0 spiro atoms. The van der Waals surface area contributed by atoms with Gasteiger partial charge in [-0.15, -0.1) is 0 Å². The van der Waals surface area contributed by atoms with Crippen molar-refractivity contribution >= 4 is 28.8 Å². The molecule has 5 nitrogen and oxygen atoms in total. The number of hydrogen-bond donors (Lipinski definition) is 3. The number of nitrogens with zero attached hydrogens (tertiary/aromatic N) is 1. The zero-order chi connectivity index (χ0) is 25.7. The maximum atomic E-state index is 14.8. The first kappa shape index (κ1) is 24.2. The van der Waals surface area contributed by atoms with Crippen LogP contribution < -0.4 is 15.5 Å². The van der Waals surface area contributed by atoms with E-state index in [0.29, 0.717) is 6.07 Å². The molecule has 1 aliphatic heterocycles. The highest BCUT2D eigenvalue weighted by atomic mass is 19.4. The van der Waals surface area contributed by atoms with E-state index >= 15 is 0 Å². The van der Waals surface area contributed by atoms with Gasteiger partial charge in [0.1, 0.15) is 28.9 Å². The van der Waals surface area contributed by atoms with Crippen LogP contribution in [-0.2, 0) is 11.6 Å². The zero-order valence-electron chi connectivity index (χ0n) is 18.4. The van der Waals surface area contributed by atoms with Gasteiger partial charge in [-0.05, 0) is 42.0 Å². The average Bonchev–Trinajstić information content (AvgIpc) is 3.03. The van der Waals surface area contributed by atoms with E-state index in [4.69, 9.17) is 0 Å². The number of aromatic hydroxyl groups is 1. The summed E-state index contributed by atoms with van der Waals surface area (Å²) < 4.78 is 83.1. The minimum absolute atomic E-state index is 0.0267. The van der Waals surface area contributed by atoms with E-state index in [2.05, 4.69) is 10.6 Å². The van der Waals surface area contributed by atoms with Crippen molar-refractivity contribution in [2.24, 2.45) is 0 Å². The van der Waals surface area contributed by atoms with Crippen LogP contribution in [0, 0.1) is 17.5 Å². The van der Waals surface area contributed by atoms with E-state index in [1.807, 2.05) is 0 Å². The lowest BCUT2D eigenvalue weighted by molar-refractivity contribution is -0.138. The van der Waals surface area contributed by atoms with Gasteiger partial charge >= 0.3 is 12.2 Å². The number of halogens is 6. The van der Waals surface area contributed by atoms with Gasteiger partial charge in [0.25, 0.3) is 0 Å². The van der Waals surface area contributed by atoms with Gasteiger partial charge in [0.2, 0.25) is 0 Å². The Bertz CT molecular complexity index is 1320. The van der Waals surface area contributed by atoms with Gasteiger partial charge in [0.05, 0.1) is 22.6 Å². The normalized spacial score (nSPS) is 14.6. The number of rotatable bonds is 3. The monoisotopic (exact) mass is 495 g/mol. The van der Waals surface area contributed by atoms with E-state index in [-0.39, 0.29) is 29.2 Å². The Kier molecular flexibility index (Phi) is 5.82.